The van der Waals surface area contributed by atoms with Gasteiger partial charge in [-0.05, 0) is 105 Å². The van der Waals surface area contributed by atoms with Crippen molar-refractivity contribution in [2.24, 2.45) is 40.4 Å². The number of aliphatic hydroxyl groups excluding tert-OH is 1. The molecule has 4 aliphatic carbocycles. The Morgan fingerprint density at radius 1 is 0.919 bits per heavy atom. The molecule has 0 unspecified atom stereocenters. The second-order valence-electron chi connectivity index (χ2n) is 13.9. The van der Waals surface area contributed by atoms with Crippen molar-refractivity contribution in [2.75, 3.05) is 0 Å². The summed E-state index contributed by atoms with van der Waals surface area (Å²) >= 11 is 0. The third-order valence-electron chi connectivity index (χ3n) is 11.8. The lowest BCUT2D eigenvalue weighted by molar-refractivity contribution is -0.188. The van der Waals surface area contributed by atoms with Gasteiger partial charge in [-0.1, -0.05) is 46.5 Å². The van der Waals surface area contributed by atoms with Gasteiger partial charge in [0.2, 0.25) is 0 Å². The molecule has 0 radical (unpaired) electrons. The van der Waals surface area contributed by atoms with E-state index in [9.17, 15) is 19.8 Å². The molecule has 0 aromatic heterocycles. The van der Waals surface area contributed by atoms with E-state index in [0.717, 1.165) is 57.8 Å². The molecule has 212 valence electrons. The van der Waals surface area contributed by atoms with E-state index in [1.54, 1.807) is 0 Å². The maximum atomic E-state index is 12.2. The Morgan fingerprint density at radius 3 is 2.32 bits per heavy atom. The maximum Gasteiger partial charge on any atom is 0.306 e. The van der Waals surface area contributed by atoms with Gasteiger partial charge >= 0.3 is 11.9 Å². The molecule has 37 heavy (non-hydrogen) atoms. The minimum Gasteiger partial charge on any atom is -0.481 e. The summed E-state index contributed by atoms with van der Waals surface area (Å²) < 4.78 is 5.66. The molecule has 6 nitrogen and oxygen atoms in total. The van der Waals surface area contributed by atoms with Crippen LogP contribution in [0.2, 0.25) is 0 Å². The van der Waals surface area contributed by atoms with Crippen molar-refractivity contribution >= 4 is 11.9 Å². The second-order valence-corrected chi connectivity index (χ2v) is 13.9. The highest BCUT2D eigenvalue weighted by atomic mass is 16.5. The van der Waals surface area contributed by atoms with Gasteiger partial charge in [-0.15, -0.1) is 0 Å². The topological polar surface area (TPSA) is 104 Å². The van der Waals surface area contributed by atoms with Gasteiger partial charge in [0.15, 0.2) is 0 Å². The molecule has 0 spiro atoms. The van der Waals surface area contributed by atoms with E-state index in [4.69, 9.17) is 9.84 Å². The number of esters is 1. The fourth-order valence-electron chi connectivity index (χ4n) is 9.93. The summed E-state index contributed by atoms with van der Waals surface area (Å²) in [6.07, 6.45) is 12.5. The van der Waals surface area contributed by atoms with Gasteiger partial charge in [0, 0.05) is 0 Å². The van der Waals surface area contributed by atoms with Crippen molar-refractivity contribution in [2.45, 2.75) is 142 Å². The van der Waals surface area contributed by atoms with E-state index in [0.29, 0.717) is 30.1 Å². The van der Waals surface area contributed by atoms with Crippen molar-refractivity contribution < 1.29 is 29.6 Å². The average Bonchev–Trinajstić information content (AvgIpc) is 3.20. The van der Waals surface area contributed by atoms with Gasteiger partial charge in [0.25, 0.3) is 0 Å². The zero-order valence-corrected chi connectivity index (χ0v) is 23.7. The largest absolute Gasteiger partial charge is 0.481 e. The minimum absolute atomic E-state index is 0.0361. The van der Waals surface area contributed by atoms with Crippen molar-refractivity contribution in [3.8, 4) is 0 Å². The number of unbranched alkanes of at least 4 members (excludes halogenated alkanes) is 3. The molecule has 0 aromatic carbocycles. The fraction of sp³-hybridized carbons (Fsp3) is 0.935. The van der Waals surface area contributed by atoms with E-state index in [1.165, 1.54) is 19.3 Å². The molecular formula is C31H52O6. The summed E-state index contributed by atoms with van der Waals surface area (Å²) in [5.41, 5.74) is -0.448. The van der Waals surface area contributed by atoms with Crippen molar-refractivity contribution in [1.29, 1.82) is 0 Å². The Hall–Kier alpha value is -1.14. The number of carbonyl (C=O) groups excluding carboxylic acids is 1. The molecule has 0 saturated heterocycles. The lowest BCUT2D eigenvalue weighted by Crippen LogP contribution is -2.59. The van der Waals surface area contributed by atoms with Crippen LogP contribution in [0.3, 0.4) is 0 Å². The van der Waals surface area contributed by atoms with Crippen LogP contribution in [0.4, 0.5) is 0 Å². The summed E-state index contributed by atoms with van der Waals surface area (Å²) in [6.45, 7) is 9.14. The molecule has 0 aliphatic heterocycles. The number of fused-ring (bicyclic) bond motifs is 5. The SMILES string of the molecule is CCCCCC[C@](C)(O)[C@H]1CC[C@H]2[C@@H]3C[C@H](O)[C@H]4C[C@@H](OC(=O)CCC(=O)O)CC[C@]4(C)[C@H]3CC[C@@]21C. The smallest absolute Gasteiger partial charge is 0.306 e. The maximum absolute atomic E-state index is 12.2. The molecule has 0 heterocycles. The van der Waals surface area contributed by atoms with Crippen LogP contribution in [-0.2, 0) is 14.3 Å². The first-order chi connectivity index (χ1) is 17.4. The molecule has 3 N–H and O–H groups in total. The molecule has 0 aromatic rings. The highest BCUT2D eigenvalue weighted by Gasteiger charge is 2.64. The van der Waals surface area contributed by atoms with Gasteiger partial charge in [0.05, 0.1) is 24.5 Å². The number of rotatable bonds is 10. The van der Waals surface area contributed by atoms with E-state index in [1.807, 2.05) is 0 Å². The molecule has 4 fully saturated rings. The molecule has 10 atom stereocenters. The Bertz CT molecular complexity index is 825. The number of hydrogen-bond acceptors (Lipinski definition) is 5. The number of aliphatic hydroxyl groups is 2. The predicted molar refractivity (Wildman–Crippen MR) is 143 cm³/mol. The zero-order chi connectivity index (χ0) is 27.0. The van der Waals surface area contributed by atoms with E-state index >= 15 is 0 Å². The number of aliphatic carboxylic acids is 1. The van der Waals surface area contributed by atoms with Gasteiger partial charge in [-0.2, -0.15) is 0 Å². The first-order valence-corrected chi connectivity index (χ1v) is 15.2. The number of ether oxygens (including phenoxy) is 1. The van der Waals surface area contributed by atoms with Crippen molar-refractivity contribution in [3.63, 3.8) is 0 Å². The molecule has 0 bridgehead atoms. The summed E-state index contributed by atoms with van der Waals surface area (Å²) in [5, 5.41) is 32.0. The highest BCUT2D eigenvalue weighted by Crippen LogP contribution is 2.68. The van der Waals surface area contributed by atoms with Crippen LogP contribution < -0.4 is 0 Å². The van der Waals surface area contributed by atoms with Gasteiger partial charge < -0.3 is 20.1 Å². The zero-order valence-electron chi connectivity index (χ0n) is 23.7. The van der Waals surface area contributed by atoms with E-state index in [-0.39, 0.29) is 35.7 Å². The normalized spacial score (nSPS) is 42.7. The van der Waals surface area contributed by atoms with Gasteiger partial charge in [-0.3, -0.25) is 9.59 Å². The van der Waals surface area contributed by atoms with Gasteiger partial charge in [0.1, 0.15) is 6.10 Å². The molecular weight excluding hydrogens is 468 g/mol. The third kappa shape index (κ3) is 5.62. The molecule has 4 rings (SSSR count). The Labute approximate surface area is 223 Å². The van der Waals surface area contributed by atoms with Crippen LogP contribution in [0.5, 0.6) is 0 Å². The van der Waals surface area contributed by atoms with E-state index < -0.39 is 23.6 Å². The number of hydrogen-bond donors (Lipinski definition) is 3. The van der Waals surface area contributed by atoms with Crippen LogP contribution in [0.15, 0.2) is 0 Å². The summed E-state index contributed by atoms with van der Waals surface area (Å²) in [7, 11) is 0. The third-order valence-corrected chi connectivity index (χ3v) is 11.8. The molecule has 0 amide bonds. The highest BCUT2D eigenvalue weighted by molar-refractivity contribution is 5.76. The van der Waals surface area contributed by atoms with Crippen LogP contribution in [0, 0.1) is 40.4 Å². The number of carbonyl (C=O) groups is 2. The summed E-state index contributed by atoms with van der Waals surface area (Å²) in [5.74, 6) is 0.628. The standard InChI is InChI=1S/C31H52O6/c1-5-6-7-8-15-31(4,36)26-10-9-22-21-19-25(32)24-18-20(37-28(35)12-11-27(33)34)13-16-29(24,2)23(21)14-17-30(22,26)3/h20-26,32,36H,5-19H2,1-4H3,(H,33,34)/t20-,21-,22-,23-,24+,25-,26-,29+,30-,31-/m0/s1. The van der Waals surface area contributed by atoms with Crippen LogP contribution in [0.25, 0.3) is 0 Å². The quantitative estimate of drug-likeness (QED) is 0.237. The molecule has 6 heteroatoms. The van der Waals surface area contributed by atoms with Crippen LogP contribution in [-0.4, -0.2) is 45.1 Å². The minimum atomic E-state index is -0.988. The molecule has 4 aliphatic rings. The monoisotopic (exact) mass is 520 g/mol. The van der Waals surface area contributed by atoms with Crippen molar-refractivity contribution in [3.05, 3.63) is 0 Å². The number of carboxylic acids is 1. The van der Waals surface area contributed by atoms with Crippen molar-refractivity contribution in [1.82, 2.24) is 0 Å². The lowest BCUT2D eigenvalue weighted by atomic mass is 9.43. The summed E-state index contributed by atoms with van der Waals surface area (Å²) in [6, 6.07) is 0. The second kappa shape index (κ2) is 11.2. The Kier molecular flexibility index (Phi) is 8.70. The van der Waals surface area contributed by atoms with Crippen LogP contribution in [0.1, 0.15) is 124 Å². The summed E-state index contributed by atoms with van der Waals surface area (Å²) in [4.78, 5) is 23.0. The first kappa shape index (κ1) is 28.9. The fourth-order valence-corrected chi connectivity index (χ4v) is 9.93. The van der Waals surface area contributed by atoms with E-state index in [2.05, 4.69) is 27.7 Å². The lowest BCUT2D eigenvalue weighted by Gasteiger charge is -2.62. The average molecular weight is 521 g/mol. The Morgan fingerprint density at radius 2 is 1.62 bits per heavy atom. The Balaban J connectivity index is 1.43. The number of carboxylic acid groups (broad SMARTS) is 1. The predicted octanol–water partition coefficient (Wildman–Crippen LogP) is 6.11. The van der Waals surface area contributed by atoms with Gasteiger partial charge in [-0.25, -0.2) is 0 Å². The first-order valence-electron chi connectivity index (χ1n) is 15.2. The molecule has 4 saturated carbocycles. The van der Waals surface area contributed by atoms with Crippen LogP contribution >= 0.6 is 0 Å².